The molecule has 0 aliphatic rings. The number of nitrogens with one attached hydrogen (secondary N) is 1. The lowest BCUT2D eigenvalue weighted by Gasteiger charge is -2.32. The highest BCUT2D eigenvalue weighted by molar-refractivity contribution is 7.92. The van der Waals surface area contributed by atoms with Gasteiger partial charge in [0, 0.05) is 13.1 Å². The SMILES string of the molecule is CCOc1ccc(N(CC(=O)N(Cc2cccc(OC)c2)[C@@H](C)C(=O)NCC(C)C)S(=O)(=O)c2ccc(C)cc2)cc1. The topological polar surface area (TPSA) is 105 Å². The Bertz CT molecular complexity index is 1440. The molecule has 3 aromatic rings. The highest BCUT2D eigenvalue weighted by Gasteiger charge is 2.32. The number of hydrogen-bond acceptors (Lipinski definition) is 6. The number of hydrogen-bond donors (Lipinski definition) is 1. The third kappa shape index (κ3) is 8.48. The molecule has 0 aliphatic heterocycles. The summed E-state index contributed by atoms with van der Waals surface area (Å²) in [7, 11) is -2.60. The number of nitrogens with zero attached hydrogens (tertiary/aromatic N) is 2. The van der Waals surface area contributed by atoms with E-state index >= 15 is 0 Å². The first-order valence-corrected chi connectivity index (χ1v) is 15.4. The van der Waals surface area contributed by atoms with Crippen LogP contribution in [0.25, 0.3) is 0 Å². The summed E-state index contributed by atoms with van der Waals surface area (Å²) in [6, 6.07) is 19.3. The summed E-state index contributed by atoms with van der Waals surface area (Å²) < 4.78 is 39.9. The lowest BCUT2D eigenvalue weighted by molar-refractivity contribution is -0.139. The molecule has 0 radical (unpaired) electrons. The fourth-order valence-corrected chi connectivity index (χ4v) is 5.66. The van der Waals surface area contributed by atoms with Gasteiger partial charge in [0.05, 0.1) is 24.3 Å². The van der Waals surface area contributed by atoms with E-state index in [2.05, 4.69) is 5.32 Å². The summed E-state index contributed by atoms with van der Waals surface area (Å²) in [5, 5.41) is 2.89. The van der Waals surface area contributed by atoms with Crippen molar-refractivity contribution in [1.82, 2.24) is 10.2 Å². The predicted octanol–water partition coefficient (Wildman–Crippen LogP) is 4.79. The van der Waals surface area contributed by atoms with Gasteiger partial charge in [-0.05, 0) is 80.8 Å². The molecule has 0 aliphatic carbocycles. The van der Waals surface area contributed by atoms with Crippen molar-refractivity contribution in [1.29, 1.82) is 0 Å². The Labute approximate surface area is 249 Å². The van der Waals surface area contributed by atoms with Gasteiger partial charge in [-0.25, -0.2) is 8.42 Å². The number of aryl methyl sites for hydroxylation is 1. The van der Waals surface area contributed by atoms with E-state index in [1.54, 1.807) is 68.6 Å². The Kier molecular flexibility index (Phi) is 11.4. The van der Waals surface area contributed by atoms with Crippen LogP contribution < -0.4 is 19.1 Å². The summed E-state index contributed by atoms with van der Waals surface area (Å²) in [5.41, 5.74) is 1.94. The van der Waals surface area contributed by atoms with Crippen molar-refractivity contribution < 1.29 is 27.5 Å². The Hall–Kier alpha value is -4.05. The van der Waals surface area contributed by atoms with Crippen LogP contribution in [0.3, 0.4) is 0 Å². The number of sulfonamides is 1. The minimum absolute atomic E-state index is 0.0526. The molecule has 1 atom stereocenters. The summed E-state index contributed by atoms with van der Waals surface area (Å²) in [4.78, 5) is 28.6. The molecular formula is C32H41N3O6S. The van der Waals surface area contributed by atoms with Gasteiger partial charge in [0.25, 0.3) is 10.0 Å². The van der Waals surface area contributed by atoms with Crippen molar-refractivity contribution in [3.05, 3.63) is 83.9 Å². The first kappa shape index (κ1) is 32.5. The number of carbonyl (C=O) groups is 2. The van der Waals surface area contributed by atoms with Crippen LogP contribution in [0.2, 0.25) is 0 Å². The quantitative estimate of drug-likeness (QED) is 0.288. The third-order valence-corrected chi connectivity index (χ3v) is 8.45. The number of methoxy groups -OCH3 is 1. The second-order valence-corrected chi connectivity index (χ2v) is 12.3. The van der Waals surface area contributed by atoms with E-state index in [9.17, 15) is 18.0 Å². The minimum Gasteiger partial charge on any atom is -0.497 e. The number of carbonyl (C=O) groups excluding carboxylic acids is 2. The largest absolute Gasteiger partial charge is 0.497 e. The van der Waals surface area contributed by atoms with E-state index in [-0.39, 0.29) is 23.3 Å². The second-order valence-electron chi connectivity index (χ2n) is 10.4. The van der Waals surface area contributed by atoms with Gasteiger partial charge >= 0.3 is 0 Å². The summed E-state index contributed by atoms with van der Waals surface area (Å²) in [5.74, 6) is 0.548. The van der Waals surface area contributed by atoms with Crippen molar-refractivity contribution >= 4 is 27.5 Å². The van der Waals surface area contributed by atoms with Gasteiger partial charge in [-0.15, -0.1) is 0 Å². The molecule has 226 valence electrons. The van der Waals surface area contributed by atoms with Gasteiger partial charge in [-0.1, -0.05) is 43.7 Å². The smallest absolute Gasteiger partial charge is 0.264 e. The van der Waals surface area contributed by atoms with E-state index in [0.29, 0.717) is 30.3 Å². The Morgan fingerprint density at radius 2 is 1.60 bits per heavy atom. The second kappa shape index (κ2) is 14.7. The zero-order valence-corrected chi connectivity index (χ0v) is 26.0. The van der Waals surface area contributed by atoms with Crippen molar-refractivity contribution in [2.45, 2.75) is 52.1 Å². The zero-order valence-electron chi connectivity index (χ0n) is 25.2. The van der Waals surface area contributed by atoms with Gasteiger partial charge in [-0.2, -0.15) is 0 Å². The van der Waals surface area contributed by atoms with Crippen molar-refractivity contribution in [2.24, 2.45) is 5.92 Å². The van der Waals surface area contributed by atoms with Crippen LogP contribution in [-0.4, -0.2) is 58.0 Å². The number of ether oxygens (including phenoxy) is 2. The monoisotopic (exact) mass is 595 g/mol. The number of benzene rings is 3. The molecular weight excluding hydrogens is 554 g/mol. The normalized spacial score (nSPS) is 12.0. The summed E-state index contributed by atoms with van der Waals surface area (Å²) in [6.07, 6.45) is 0. The average molecular weight is 596 g/mol. The third-order valence-electron chi connectivity index (χ3n) is 6.66. The van der Waals surface area contributed by atoms with E-state index in [1.165, 1.54) is 17.0 Å². The van der Waals surface area contributed by atoms with Crippen LogP contribution in [0, 0.1) is 12.8 Å². The van der Waals surface area contributed by atoms with Crippen molar-refractivity contribution in [3.63, 3.8) is 0 Å². The average Bonchev–Trinajstić information content (AvgIpc) is 2.97. The number of anilines is 1. The predicted molar refractivity (Wildman–Crippen MR) is 164 cm³/mol. The lowest BCUT2D eigenvalue weighted by atomic mass is 10.1. The van der Waals surface area contributed by atoms with Gasteiger partial charge in [0.2, 0.25) is 11.8 Å². The molecule has 42 heavy (non-hydrogen) atoms. The van der Waals surface area contributed by atoms with E-state index < -0.39 is 28.5 Å². The fraction of sp³-hybridized carbons (Fsp3) is 0.375. The molecule has 10 heteroatoms. The first-order valence-electron chi connectivity index (χ1n) is 14.0. The highest BCUT2D eigenvalue weighted by Crippen LogP contribution is 2.27. The molecule has 3 rings (SSSR count). The van der Waals surface area contributed by atoms with Crippen LogP contribution in [0.4, 0.5) is 5.69 Å². The first-order chi connectivity index (χ1) is 20.0. The van der Waals surface area contributed by atoms with E-state index in [1.807, 2.05) is 33.8 Å². The zero-order chi connectivity index (χ0) is 30.9. The van der Waals surface area contributed by atoms with Crippen molar-refractivity contribution in [2.75, 3.05) is 31.1 Å². The molecule has 0 bridgehead atoms. The standard InChI is InChI=1S/C32H41N3O6S/c1-7-41-28-15-13-27(14-16-28)35(42(38,39)30-17-11-24(4)12-18-30)22-31(36)34(25(5)32(37)33-20-23(2)3)21-26-9-8-10-29(19-26)40-6/h8-19,23,25H,7,20-22H2,1-6H3,(H,33,37)/t25-/m0/s1. The molecule has 2 amide bonds. The molecule has 0 aromatic heterocycles. The number of amides is 2. The molecule has 0 saturated heterocycles. The Morgan fingerprint density at radius 1 is 0.929 bits per heavy atom. The van der Waals surface area contributed by atoms with E-state index in [4.69, 9.17) is 9.47 Å². The van der Waals surface area contributed by atoms with Crippen LogP contribution in [-0.2, 0) is 26.2 Å². The van der Waals surface area contributed by atoms with Crippen LogP contribution in [0.15, 0.2) is 77.7 Å². The molecule has 0 spiro atoms. The Balaban J connectivity index is 2.02. The molecule has 3 aromatic carbocycles. The minimum atomic E-state index is -4.15. The van der Waals surface area contributed by atoms with Crippen LogP contribution in [0.5, 0.6) is 11.5 Å². The maximum atomic E-state index is 14.1. The summed E-state index contributed by atoms with van der Waals surface area (Å²) >= 11 is 0. The van der Waals surface area contributed by atoms with Gasteiger partial charge in [0.15, 0.2) is 0 Å². The maximum absolute atomic E-state index is 14.1. The lowest BCUT2D eigenvalue weighted by Crippen LogP contribution is -2.51. The molecule has 9 nitrogen and oxygen atoms in total. The van der Waals surface area contributed by atoms with E-state index in [0.717, 1.165) is 15.4 Å². The van der Waals surface area contributed by atoms with Crippen molar-refractivity contribution in [3.8, 4) is 11.5 Å². The van der Waals surface area contributed by atoms with Gasteiger partial charge < -0.3 is 19.7 Å². The Morgan fingerprint density at radius 3 is 2.19 bits per heavy atom. The molecule has 0 fully saturated rings. The summed E-state index contributed by atoms with van der Waals surface area (Å²) in [6.45, 7) is 9.79. The number of rotatable bonds is 14. The fourth-order valence-electron chi connectivity index (χ4n) is 4.24. The van der Waals surface area contributed by atoms with Crippen LogP contribution >= 0.6 is 0 Å². The highest BCUT2D eigenvalue weighted by atomic mass is 32.2. The molecule has 0 unspecified atom stereocenters. The van der Waals surface area contributed by atoms with Crippen LogP contribution in [0.1, 0.15) is 38.8 Å². The molecule has 1 N–H and O–H groups in total. The molecule has 0 saturated carbocycles. The van der Waals surface area contributed by atoms with Gasteiger partial charge in [-0.3, -0.25) is 13.9 Å². The maximum Gasteiger partial charge on any atom is 0.264 e. The van der Waals surface area contributed by atoms with Gasteiger partial charge in [0.1, 0.15) is 24.1 Å². The molecule has 0 heterocycles.